The highest BCUT2D eigenvalue weighted by Gasteiger charge is 2.20. The first kappa shape index (κ1) is 13.2. The quantitative estimate of drug-likeness (QED) is 0.850. The number of fused-ring (bicyclic) bond motifs is 1. The Kier molecular flexibility index (Phi) is 3.92. The van der Waals surface area contributed by atoms with E-state index >= 15 is 0 Å². The minimum Gasteiger partial charge on any atom is -0.306 e. The molecule has 1 aliphatic rings. The maximum Gasteiger partial charge on any atom is 0.0453 e. The van der Waals surface area contributed by atoms with E-state index in [2.05, 4.69) is 35.8 Å². The van der Waals surface area contributed by atoms with Gasteiger partial charge in [0.15, 0.2) is 0 Å². The van der Waals surface area contributed by atoms with Crippen LogP contribution in [-0.2, 0) is 13.0 Å². The van der Waals surface area contributed by atoms with Crippen molar-refractivity contribution in [2.75, 3.05) is 0 Å². The fourth-order valence-corrected chi connectivity index (χ4v) is 4.02. The molecule has 0 spiro atoms. The van der Waals surface area contributed by atoms with E-state index in [1.54, 1.807) is 4.88 Å². The van der Waals surface area contributed by atoms with Crippen LogP contribution < -0.4 is 5.32 Å². The van der Waals surface area contributed by atoms with E-state index in [-0.39, 0.29) is 0 Å². The molecular weight excluding hydrogens is 274 g/mol. The van der Waals surface area contributed by atoms with Crippen molar-refractivity contribution in [1.82, 2.24) is 5.32 Å². The Hall–Kier alpha value is -0.830. The molecule has 0 fully saturated rings. The Morgan fingerprint density at radius 3 is 3.11 bits per heavy atom. The monoisotopic (exact) mass is 291 g/mol. The first-order chi connectivity index (χ1) is 9.24. The lowest BCUT2D eigenvalue weighted by atomic mass is 9.94. The van der Waals surface area contributed by atoms with Gasteiger partial charge in [-0.2, -0.15) is 0 Å². The Labute approximate surface area is 123 Å². The number of hydrogen-bond acceptors (Lipinski definition) is 2. The molecule has 0 aliphatic heterocycles. The number of thiophene rings is 1. The second kappa shape index (κ2) is 5.66. The summed E-state index contributed by atoms with van der Waals surface area (Å²) in [6, 6.07) is 9.05. The summed E-state index contributed by atoms with van der Waals surface area (Å²) < 4.78 is 0. The topological polar surface area (TPSA) is 12.0 Å². The molecule has 1 nitrogen and oxygen atoms in total. The van der Waals surface area contributed by atoms with E-state index < -0.39 is 0 Å². The molecule has 3 heteroatoms. The molecule has 0 saturated carbocycles. The molecule has 19 heavy (non-hydrogen) atoms. The Morgan fingerprint density at radius 2 is 2.26 bits per heavy atom. The minimum atomic E-state index is 0.493. The zero-order valence-corrected chi connectivity index (χ0v) is 12.7. The normalized spacial score (nSPS) is 18.3. The molecule has 1 aliphatic carbocycles. The molecule has 1 atom stereocenters. The first-order valence-corrected chi connectivity index (χ1v) is 8.04. The molecule has 3 rings (SSSR count). The van der Waals surface area contributed by atoms with Crippen LogP contribution in [0.4, 0.5) is 0 Å². The number of benzene rings is 1. The SMILES string of the molecule is Cc1ccc(CNC2CCCc3sccc32)c(Cl)c1. The van der Waals surface area contributed by atoms with Crippen LogP contribution in [0.1, 0.15) is 40.5 Å². The van der Waals surface area contributed by atoms with Crippen LogP contribution >= 0.6 is 22.9 Å². The van der Waals surface area contributed by atoms with Crippen LogP contribution in [-0.4, -0.2) is 0 Å². The van der Waals surface area contributed by atoms with Crippen LogP contribution in [0.5, 0.6) is 0 Å². The van der Waals surface area contributed by atoms with Crippen LogP contribution in [0.3, 0.4) is 0 Å². The number of hydrogen-bond donors (Lipinski definition) is 1. The lowest BCUT2D eigenvalue weighted by molar-refractivity contribution is 0.463. The van der Waals surface area contributed by atoms with E-state index in [1.807, 2.05) is 17.4 Å². The van der Waals surface area contributed by atoms with Crippen LogP contribution in [0.2, 0.25) is 5.02 Å². The summed E-state index contributed by atoms with van der Waals surface area (Å²) in [5.74, 6) is 0. The average molecular weight is 292 g/mol. The molecule has 1 aromatic carbocycles. The van der Waals surface area contributed by atoms with Gasteiger partial charge in [0.1, 0.15) is 0 Å². The van der Waals surface area contributed by atoms with E-state index in [0.29, 0.717) is 6.04 Å². The van der Waals surface area contributed by atoms with Gasteiger partial charge in [-0.05, 0) is 60.4 Å². The van der Waals surface area contributed by atoms with Crippen molar-refractivity contribution in [2.24, 2.45) is 0 Å². The summed E-state index contributed by atoms with van der Waals surface area (Å²) in [6.07, 6.45) is 3.76. The molecule has 1 aromatic heterocycles. The smallest absolute Gasteiger partial charge is 0.0453 e. The summed E-state index contributed by atoms with van der Waals surface area (Å²) >= 11 is 8.18. The minimum absolute atomic E-state index is 0.493. The zero-order valence-electron chi connectivity index (χ0n) is 11.1. The lowest BCUT2D eigenvalue weighted by Crippen LogP contribution is -2.24. The zero-order chi connectivity index (χ0) is 13.2. The number of aryl methyl sites for hydroxylation is 2. The van der Waals surface area contributed by atoms with Gasteiger partial charge in [0, 0.05) is 22.5 Å². The third-order valence-electron chi connectivity index (χ3n) is 3.80. The summed E-state index contributed by atoms with van der Waals surface area (Å²) in [6.45, 7) is 2.92. The van der Waals surface area contributed by atoms with Gasteiger partial charge >= 0.3 is 0 Å². The lowest BCUT2D eigenvalue weighted by Gasteiger charge is -2.24. The van der Waals surface area contributed by atoms with Gasteiger partial charge in [-0.3, -0.25) is 0 Å². The van der Waals surface area contributed by atoms with E-state index in [9.17, 15) is 0 Å². The Balaban J connectivity index is 1.71. The predicted molar refractivity (Wildman–Crippen MR) is 83.0 cm³/mol. The maximum atomic E-state index is 6.29. The van der Waals surface area contributed by atoms with E-state index in [4.69, 9.17) is 11.6 Å². The third-order valence-corrected chi connectivity index (χ3v) is 5.15. The maximum absolute atomic E-state index is 6.29. The fourth-order valence-electron chi connectivity index (χ4n) is 2.73. The van der Waals surface area contributed by atoms with Gasteiger partial charge in [0.2, 0.25) is 0 Å². The highest BCUT2D eigenvalue weighted by atomic mass is 35.5. The summed E-state index contributed by atoms with van der Waals surface area (Å²) in [5.41, 5.74) is 3.90. The van der Waals surface area contributed by atoms with Crippen molar-refractivity contribution in [3.63, 3.8) is 0 Å². The summed E-state index contributed by atoms with van der Waals surface area (Å²) in [7, 11) is 0. The van der Waals surface area contributed by atoms with E-state index in [0.717, 1.165) is 11.6 Å². The van der Waals surface area contributed by atoms with Crippen molar-refractivity contribution >= 4 is 22.9 Å². The van der Waals surface area contributed by atoms with Crippen molar-refractivity contribution in [1.29, 1.82) is 0 Å². The van der Waals surface area contributed by atoms with E-state index in [1.165, 1.54) is 36.0 Å². The summed E-state index contributed by atoms with van der Waals surface area (Å²) in [4.78, 5) is 1.55. The Bertz CT molecular complexity index is 576. The van der Waals surface area contributed by atoms with Crippen molar-refractivity contribution in [2.45, 2.75) is 38.8 Å². The standard InChI is InChI=1S/C16H18ClNS/c1-11-5-6-12(14(17)9-11)10-18-15-3-2-4-16-13(15)7-8-19-16/h5-9,15,18H,2-4,10H2,1H3. The van der Waals surface area contributed by atoms with Crippen molar-refractivity contribution in [3.05, 3.63) is 56.2 Å². The molecule has 2 aromatic rings. The molecule has 1 unspecified atom stereocenters. The van der Waals surface area contributed by atoms with Gasteiger partial charge in [0.25, 0.3) is 0 Å². The molecular formula is C16H18ClNS. The molecule has 100 valence electrons. The largest absolute Gasteiger partial charge is 0.306 e. The van der Waals surface area contributed by atoms with Gasteiger partial charge in [-0.15, -0.1) is 11.3 Å². The van der Waals surface area contributed by atoms with Gasteiger partial charge in [0.05, 0.1) is 0 Å². The molecule has 0 amide bonds. The van der Waals surface area contributed by atoms with Gasteiger partial charge in [-0.1, -0.05) is 23.7 Å². The second-order valence-electron chi connectivity index (χ2n) is 5.22. The molecule has 0 bridgehead atoms. The van der Waals surface area contributed by atoms with Crippen LogP contribution in [0, 0.1) is 6.92 Å². The van der Waals surface area contributed by atoms with Crippen molar-refractivity contribution < 1.29 is 0 Å². The van der Waals surface area contributed by atoms with Crippen LogP contribution in [0.25, 0.3) is 0 Å². The summed E-state index contributed by atoms with van der Waals surface area (Å²) in [5, 5.41) is 6.74. The predicted octanol–water partition coefficient (Wildman–Crippen LogP) is 4.88. The fraction of sp³-hybridized carbons (Fsp3) is 0.375. The van der Waals surface area contributed by atoms with Gasteiger partial charge < -0.3 is 5.32 Å². The highest BCUT2D eigenvalue weighted by Crippen LogP contribution is 2.33. The molecule has 0 radical (unpaired) electrons. The second-order valence-corrected chi connectivity index (χ2v) is 6.63. The number of rotatable bonds is 3. The third kappa shape index (κ3) is 2.86. The van der Waals surface area contributed by atoms with Crippen molar-refractivity contribution in [3.8, 4) is 0 Å². The van der Waals surface area contributed by atoms with Gasteiger partial charge in [-0.25, -0.2) is 0 Å². The molecule has 0 saturated heterocycles. The molecule has 1 heterocycles. The Morgan fingerprint density at radius 1 is 1.37 bits per heavy atom. The van der Waals surface area contributed by atoms with Crippen LogP contribution in [0.15, 0.2) is 29.6 Å². The average Bonchev–Trinajstić information content (AvgIpc) is 2.86. The first-order valence-electron chi connectivity index (χ1n) is 6.79. The molecule has 1 N–H and O–H groups in total. The number of nitrogens with one attached hydrogen (secondary N) is 1. The highest BCUT2D eigenvalue weighted by molar-refractivity contribution is 7.10. The number of halogens is 1.